The molecule has 1 aliphatic heterocycles. The van der Waals surface area contributed by atoms with Gasteiger partial charge in [-0.3, -0.25) is 14.2 Å². The van der Waals surface area contributed by atoms with Crippen molar-refractivity contribution < 1.29 is 13.2 Å². The summed E-state index contributed by atoms with van der Waals surface area (Å²) in [6.07, 6.45) is 3.06. The standard InChI is InChI=1S/C21H22N4O4S/c1-13-6-4-5-7-17(13)18-10-15-11-22-21(30(3,28)29)23-19(15)25(20(18)27)16-8-9-24(12-16)14(2)26/h4-7,10-11,16H,8-9,12H2,1-3H3/t16-/m0/s1. The molecule has 4 rings (SSSR count). The van der Waals surface area contributed by atoms with Crippen LogP contribution in [0.25, 0.3) is 22.2 Å². The van der Waals surface area contributed by atoms with Crippen LogP contribution >= 0.6 is 0 Å². The predicted octanol–water partition coefficient (Wildman–Crippen LogP) is 1.96. The zero-order valence-corrected chi connectivity index (χ0v) is 17.8. The Balaban J connectivity index is 2.02. The predicted molar refractivity (Wildman–Crippen MR) is 113 cm³/mol. The zero-order chi connectivity index (χ0) is 21.6. The van der Waals surface area contributed by atoms with Crippen LogP contribution in [-0.4, -0.2) is 53.1 Å². The van der Waals surface area contributed by atoms with Crippen LogP contribution in [0.4, 0.5) is 0 Å². The van der Waals surface area contributed by atoms with E-state index in [0.29, 0.717) is 30.5 Å². The van der Waals surface area contributed by atoms with E-state index in [1.807, 2.05) is 31.2 Å². The van der Waals surface area contributed by atoms with Gasteiger partial charge in [-0.1, -0.05) is 24.3 Å². The molecule has 1 aliphatic rings. The Morgan fingerprint density at radius 2 is 1.93 bits per heavy atom. The zero-order valence-electron chi connectivity index (χ0n) is 17.0. The van der Waals surface area contributed by atoms with Gasteiger partial charge in [-0.2, -0.15) is 4.98 Å². The average Bonchev–Trinajstić information content (AvgIpc) is 3.17. The fourth-order valence-electron chi connectivity index (χ4n) is 3.93. The molecule has 1 aromatic carbocycles. The number of carbonyl (C=O) groups is 1. The molecule has 1 fully saturated rings. The molecular formula is C21H22N4O4S. The highest BCUT2D eigenvalue weighted by Crippen LogP contribution is 2.28. The van der Waals surface area contributed by atoms with Crippen LogP contribution < -0.4 is 5.56 Å². The number of nitrogens with zero attached hydrogens (tertiary/aromatic N) is 4. The first-order chi connectivity index (χ1) is 14.2. The number of likely N-dealkylation sites (tertiary alicyclic amines) is 1. The summed E-state index contributed by atoms with van der Waals surface area (Å²) in [5, 5.41) is 0.245. The molecule has 0 saturated carbocycles. The quantitative estimate of drug-likeness (QED) is 0.594. The van der Waals surface area contributed by atoms with E-state index in [2.05, 4.69) is 9.97 Å². The van der Waals surface area contributed by atoms with Gasteiger partial charge in [-0.05, 0) is 30.5 Å². The van der Waals surface area contributed by atoms with Crippen LogP contribution in [-0.2, 0) is 14.6 Å². The minimum Gasteiger partial charge on any atom is -0.341 e. The van der Waals surface area contributed by atoms with Crippen molar-refractivity contribution in [3.63, 3.8) is 0 Å². The molecule has 3 aromatic rings. The van der Waals surface area contributed by atoms with E-state index in [1.54, 1.807) is 11.0 Å². The Morgan fingerprint density at radius 1 is 1.20 bits per heavy atom. The van der Waals surface area contributed by atoms with Crippen molar-refractivity contribution in [3.05, 3.63) is 52.4 Å². The Labute approximate surface area is 174 Å². The van der Waals surface area contributed by atoms with Crippen molar-refractivity contribution in [1.29, 1.82) is 0 Å². The molecule has 2 aromatic heterocycles. The van der Waals surface area contributed by atoms with Crippen LogP contribution in [0.2, 0.25) is 0 Å². The van der Waals surface area contributed by atoms with E-state index in [4.69, 9.17) is 0 Å². The lowest BCUT2D eigenvalue weighted by Crippen LogP contribution is -2.31. The smallest absolute Gasteiger partial charge is 0.260 e. The maximum absolute atomic E-state index is 13.6. The van der Waals surface area contributed by atoms with Crippen LogP contribution in [0.3, 0.4) is 0 Å². The van der Waals surface area contributed by atoms with Gasteiger partial charge >= 0.3 is 0 Å². The third-order valence-electron chi connectivity index (χ3n) is 5.49. The van der Waals surface area contributed by atoms with E-state index in [1.165, 1.54) is 17.7 Å². The van der Waals surface area contributed by atoms with E-state index >= 15 is 0 Å². The second-order valence-corrected chi connectivity index (χ2v) is 9.57. The number of benzene rings is 1. The SMILES string of the molecule is CC(=O)N1CC[C@H](n2c(=O)c(-c3ccccc3C)cc3cnc(S(C)(=O)=O)nc32)C1. The highest BCUT2D eigenvalue weighted by Gasteiger charge is 2.29. The molecule has 9 heteroatoms. The normalized spacial score (nSPS) is 16.9. The summed E-state index contributed by atoms with van der Waals surface area (Å²) in [6.45, 7) is 4.34. The summed E-state index contributed by atoms with van der Waals surface area (Å²) in [4.78, 5) is 35.4. The minimum absolute atomic E-state index is 0.0589. The van der Waals surface area contributed by atoms with Gasteiger partial charge in [0.05, 0.1) is 6.04 Å². The Morgan fingerprint density at radius 3 is 2.57 bits per heavy atom. The number of aryl methyl sites for hydroxylation is 1. The van der Waals surface area contributed by atoms with Gasteiger partial charge in [0.2, 0.25) is 20.9 Å². The Bertz CT molecular complexity index is 1330. The first-order valence-corrected chi connectivity index (χ1v) is 11.5. The first-order valence-electron chi connectivity index (χ1n) is 9.60. The first kappa shape index (κ1) is 20.2. The van der Waals surface area contributed by atoms with E-state index in [-0.39, 0.29) is 28.3 Å². The topological polar surface area (TPSA) is 102 Å². The highest BCUT2D eigenvalue weighted by molar-refractivity contribution is 7.90. The molecule has 1 saturated heterocycles. The number of rotatable bonds is 3. The van der Waals surface area contributed by atoms with Gasteiger partial charge in [0.15, 0.2) is 0 Å². The van der Waals surface area contributed by atoms with Gasteiger partial charge < -0.3 is 4.90 Å². The number of hydrogen-bond acceptors (Lipinski definition) is 6. The third kappa shape index (κ3) is 3.49. The van der Waals surface area contributed by atoms with E-state index in [0.717, 1.165) is 17.4 Å². The largest absolute Gasteiger partial charge is 0.341 e. The maximum atomic E-state index is 13.6. The summed E-state index contributed by atoms with van der Waals surface area (Å²) in [5.41, 5.74) is 2.25. The molecule has 0 bridgehead atoms. The fraction of sp³-hybridized carbons (Fsp3) is 0.333. The van der Waals surface area contributed by atoms with Gasteiger partial charge in [-0.25, -0.2) is 13.4 Å². The van der Waals surface area contributed by atoms with Crippen molar-refractivity contribution in [2.45, 2.75) is 31.5 Å². The molecule has 3 heterocycles. The van der Waals surface area contributed by atoms with Crippen molar-refractivity contribution in [1.82, 2.24) is 19.4 Å². The molecule has 1 atom stereocenters. The molecular weight excluding hydrogens is 404 g/mol. The van der Waals surface area contributed by atoms with Crippen LogP contribution in [0, 0.1) is 6.92 Å². The number of fused-ring (bicyclic) bond motifs is 1. The van der Waals surface area contributed by atoms with Crippen molar-refractivity contribution in [3.8, 4) is 11.1 Å². The Kier molecular flexibility index (Phi) is 4.93. The van der Waals surface area contributed by atoms with Gasteiger partial charge in [0.25, 0.3) is 5.56 Å². The van der Waals surface area contributed by atoms with Crippen molar-refractivity contribution in [2.24, 2.45) is 0 Å². The number of sulfone groups is 1. The second-order valence-electron chi connectivity index (χ2n) is 7.66. The lowest BCUT2D eigenvalue weighted by atomic mass is 10.0. The Hall–Kier alpha value is -3.07. The summed E-state index contributed by atoms with van der Waals surface area (Å²) >= 11 is 0. The fourth-order valence-corrected chi connectivity index (χ4v) is 4.42. The third-order valence-corrected chi connectivity index (χ3v) is 6.35. The second kappa shape index (κ2) is 7.32. The van der Waals surface area contributed by atoms with Gasteiger partial charge in [-0.15, -0.1) is 0 Å². The molecule has 30 heavy (non-hydrogen) atoms. The number of aromatic nitrogens is 3. The summed E-state index contributed by atoms with van der Waals surface area (Å²) in [5.74, 6) is -0.0589. The molecule has 8 nitrogen and oxygen atoms in total. The lowest BCUT2D eigenvalue weighted by molar-refractivity contribution is -0.127. The monoisotopic (exact) mass is 426 g/mol. The highest BCUT2D eigenvalue weighted by atomic mass is 32.2. The van der Waals surface area contributed by atoms with Crippen LogP contribution in [0.1, 0.15) is 24.9 Å². The molecule has 0 aliphatic carbocycles. The van der Waals surface area contributed by atoms with E-state index in [9.17, 15) is 18.0 Å². The number of amides is 1. The van der Waals surface area contributed by atoms with Crippen LogP contribution in [0.5, 0.6) is 0 Å². The molecule has 0 spiro atoms. The van der Waals surface area contributed by atoms with E-state index < -0.39 is 9.84 Å². The average molecular weight is 426 g/mol. The maximum Gasteiger partial charge on any atom is 0.260 e. The van der Waals surface area contributed by atoms with Gasteiger partial charge in [0, 0.05) is 43.4 Å². The van der Waals surface area contributed by atoms with Crippen LogP contribution in [0.15, 0.2) is 46.5 Å². The molecule has 0 radical (unpaired) electrons. The van der Waals surface area contributed by atoms with Gasteiger partial charge in [0.1, 0.15) is 5.65 Å². The minimum atomic E-state index is -3.64. The number of hydrogen-bond donors (Lipinski definition) is 0. The summed E-state index contributed by atoms with van der Waals surface area (Å²) < 4.78 is 25.5. The molecule has 1 amide bonds. The summed E-state index contributed by atoms with van der Waals surface area (Å²) in [7, 11) is -3.64. The lowest BCUT2D eigenvalue weighted by Gasteiger charge is -2.19. The molecule has 0 unspecified atom stereocenters. The molecule has 156 valence electrons. The number of pyridine rings is 1. The number of carbonyl (C=O) groups excluding carboxylic acids is 1. The summed E-state index contributed by atoms with van der Waals surface area (Å²) in [6, 6.07) is 8.99. The molecule has 0 N–H and O–H groups in total. The van der Waals surface area contributed by atoms with Crippen molar-refractivity contribution in [2.75, 3.05) is 19.3 Å². The van der Waals surface area contributed by atoms with Crippen molar-refractivity contribution >= 4 is 26.8 Å².